The van der Waals surface area contributed by atoms with Gasteiger partial charge in [0.1, 0.15) is 17.4 Å². The maximum atomic E-state index is 12.1. The van der Waals surface area contributed by atoms with Crippen molar-refractivity contribution in [2.24, 2.45) is 5.10 Å². The van der Waals surface area contributed by atoms with Gasteiger partial charge < -0.3 is 4.74 Å². The van der Waals surface area contributed by atoms with Crippen LogP contribution < -0.4 is 15.5 Å². The SMILES string of the molecule is O=C(N/N=C/c1ccc(OCc2ccc(Cl)cc2)cc1)C(=O)Nc1nnc(-c2ccccc2)s1. The predicted octanol–water partition coefficient (Wildman–Crippen LogP) is 4.53. The Morgan fingerprint density at radius 1 is 0.941 bits per heavy atom. The Bertz CT molecular complexity index is 1290. The Kier molecular flexibility index (Phi) is 7.59. The molecule has 1 heterocycles. The largest absolute Gasteiger partial charge is 0.489 e. The number of halogens is 1. The molecule has 0 bridgehead atoms. The fourth-order valence-electron chi connectivity index (χ4n) is 2.74. The van der Waals surface area contributed by atoms with Gasteiger partial charge >= 0.3 is 11.8 Å². The Balaban J connectivity index is 1.24. The number of benzene rings is 3. The molecule has 10 heteroatoms. The Morgan fingerprint density at radius 2 is 1.68 bits per heavy atom. The highest BCUT2D eigenvalue weighted by atomic mass is 35.5. The van der Waals surface area contributed by atoms with Gasteiger partial charge in [-0.05, 0) is 47.5 Å². The molecule has 2 amide bonds. The van der Waals surface area contributed by atoms with Gasteiger partial charge in [0.05, 0.1) is 6.21 Å². The van der Waals surface area contributed by atoms with Gasteiger partial charge in [-0.15, -0.1) is 10.2 Å². The van der Waals surface area contributed by atoms with Crippen molar-refractivity contribution in [2.75, 3.05) is 5.32 Å². The molecule has 0 aliphatic rings. The van der Waals surface area contributed by atoms with Crippen LogP contribution >= 0.6 is 22.9 Å². The second-order valence-corrected chi connectivity index (χ2v) is 8.33. The van der Waals surface area contributed by atoms with E-state index in [-0.39, 0.29) is 5.13 Å². The third kappa shape index (κ3) is 6.47. The number of carbonyl (C=O) groups excluding carboxylic acids is 2. The minimum absolute atomic E-state index is 0.220. The normalized spacial score (nSPS) is 10.7. The first-order chi connectivity index (χ1) is 16.6. The Morgan fingerprint density at radius 3 is 2.41 bits per heavy atom. The van der Waals surface area contributed by atoms with Gasteiger partial charge in [-0.3, -0.25) is 14.9 Å². The molecule has 4 aromatic rings. The van der Waals surface area contributed by atoms with Crippen LogP contribution in [0.2, 0.25) is 5.02 Å². The van der Waals surface area contributed by atoms with E-state index in [2.05, 4.69) is 26.0 Å². The maximum absolute atomic E-state index is 12.1. The number of ether oxygens (including phenoxy) is 1. The summed E-state index contributed by atoms with van der Waals surface area (Å²) in [6.45, 7) is 0.414. The molecule has 4 rings (SSSR count). The molecule has 0 radical (unpaired) electrons. The summed E-state index contributed by atoms with van der Waals surface area (Å²) in [5, 5.41) is 15.7. The van der Waals surface area contributed by atoms with E-state index in [1.165, 1.54) is 17.6 Å². The lowest BCUT2D eigenvalue weighted by Crippen LogP contribution is -2.32. The van der Waals surface area contributed by atoms with Crippen LogP contribution in [-0.4, -0.2) is 28.2 Å². The molecule has 0 aliphatic carbocycles. The topological polar surface area (TPSA) is 106 Å². The van der Waals surface area contributed by atoms with Crippen molar-refractivity contribution in [3.05, 3.63) is 95.0 Å². The zero-order chi connectivity index (χ0) is 23.8. The van der Waals surface area contributed by atoms with Crippen LogP contribution in [0, 0.1) is 0 Å². The molecule has 0 fully saturated rings. The van der Waals surface area contributed by atoms with Crippen molar-refractivity contribution in [3.63, 3.8) is 0 Å². The lowest BCUT2D eigenvalue weighted by atomic mass is 10.2. The van der Waals surface area contributed by atoms with Crippen LogP contribution in [0.5, 0.6) is 5.75 Å². The van der Waals surface area contributed by atoms with Crippen LogP contribution in [-0.2, 0) is 16.2 Å². The standard InChI is InChI=1S/C24H18ClN5O3S/c25-19-10-6-17(7-11-19)15-33-20-12-8-16(9-13-20)14-26-28-22(32)21(31)27-24-30-29-23(34-24)18-4-2-1-3-5-18/h1-14H,15H2,(H,28,32)(H,27,30,31)/b26-14+. The number of rotatable bonds is 7. The van der Waals surface area contributed by atoms with E-state index in [0.29, 0.717) is 22.4 Å². The molecule has 0 spiro atoms. The number of anilines is 1. The maximum Gasteiger partial charge on any atom is 0.329 e. The number of carbonyl (C=O) groups is 2. The molecule has 0 aliphatic heterocycles. The summed E-state index contributed by atoms with van der Waals surface area (Å²) in [5.41, 5.74) is 4.78. The molecule has 0 atom stereocenters. The van der Waals surface area contributed by atoms with Crippen LogP contribution in [0.25, 0.3) is 10.6 Å². The van der Waals surface area contributed by atoms with E-state index >= 15 is 0 Å². The molecule has 0 unspecified atom stereocenters. The average molecular weight is 492 g/mol. The smallest absolute Gasteiger partial charge is 0.329 e. The van der Waals surface area contributed by atoms with Gasteiger partial charge in [-0.1, -0.05) is 65.4 Å². The molecule has 34 heavy (non-hydrogen) atoms. The molecule has 170 valence electrons. The molecule has 1 aromatic heterocycles. The number of aromatic nitrogens is 2. The van der Waals surface area contributed by atoms with E-state index in [9.17, 15) is 9.59 Å². The second kappa shape index (κ2) is 11.2. The van der Waals surface area contributed by atoms with Gasteiger partial charge in [0.15, 0.2) is 0 Å². The summed E-state index contributed by atoms with van der Waals surface area (Å²) in [4.78, 5) is 24.1. The van der Waals surface area contributed by atoms with Crippen LogP contribution in [0.1, 0.15) is 11.1 Å². The van der Waals surface area contributed by atoms with Crippen molar-refractivity contribution in [1.82, 2.24) is 15.6 Å². The van der Waals surface area contributed by atoms with E-state index in [0.717, 1.165) is 16.7 Å². The molecule has 0 saturated carbocycles. The predicted molar refractivity (Wildman–Crippen MR) is 132 cm³/mol. The van der Waals surface area contributed by atoms with Crippen molar-refractivity contribution < 1.29 is 14.3 Å². The molecular formula is C24H18ClN5O3S. The fraction of sp³-hybridized carbons (Fsp3) is 0.0417. The highest BCUT2D eigenvalue weighted by Gasteiger charge is 2.16. The molecule has 0 saturated heterocycles. The highest BCUT2D eigenvalue weighted by molar-refractivity contribution is 7.18. The minimum atomic E-state index is -0.921. The third-order valence-electron chi connectivity index (χ3n) is 4.45. The fourth-order valence-corrected chi connectivity index (χ4v) is 3.61. The first-order valence-corrected chi connectivity index (χ1v) is 11.3. The highest BCUT2D eigenvalue weighted by Crippen LogP contribution is 2.25. The molecular weight excluding hydrogens is 474 g/mol. The van der Waals surface area contributed by atoms with Crippen molar-refractivity contribution in [1.29, 1.82) is 0 Å². The summed E-state index contributed by atoms with van der Waals surface area (Å²) >= 11 is 7.04. The Hall–Kier alpha value is -4.08. The van der Waals surface area contributed by atoms with Gasteiger partial charge in [0.25, 0.3) is 0 Å². The number of hydrazone groups is 1. The van der Waals surface area contributed by atoms with Crippen LogP contribution in [0.15, 0.2) is 84.0 Å². The zero-order valence-corrected chi connectivity index (χ0v) is 19.2. The second-order valence-electron chi connectivity index (χ2n) is 6.92. The van der Waals surface area contributed by atoms with E-state index < -0.39 is 11.8 Å². The summed E-state index contributed by atoms with van der Waals surface area (Å²) in [6, 6.07) is 23.9. The first-order valence-electron chi connectivity index (χ1n) is 10.1. The van der Waals surface area contributed by atoms with Crippen LogP contribution in [0.3, 0.4) is 0 Å². The molecule has 3 aromatic carbocycles. The van der Waals surface area contributed by atoms with Crippen LogP contribution in [0.4, 0.5) is 5.13 Å². The summed E-state index contributed by atoms with van der Waals surface area (Å²) < 4.78 is 5.73. The van der Waals surface area contributed by atoms with Gasteiger partial charge in [-0.25, -0.2) is 5.43 Å². The van der Waals surface area contributed by atoms with Gasteiger partial charge in [-0.2, -0.15) is 5.10 Å². The summed E-state index contributed by atoms with van der Waals surface area (Å²) in [7, 11) is 0. The Labute approximate surface area is 204 Å². The third-order valence-corrected chi connectivity index (χ3v) is 5.59. The van der Waals surface area contributed by atoms with E-state index in [1.54, 1.807) is 24.3 Å². The number of nitrogens with one attached hydrogen (secondary N) is 2. The minimum Gasteiger partial charge on any atom is -0.489 e. The van der Waals surface area contributed by atoms with E-state index in [4.69, 9.17) is 16.3 Å². The van der Waals surface area contributed by atoms with Gasteiger partial charge in [0, 0.05) is 10.6 Å². The quantitative estimate of drug-likeness (QED) is 0.224. The monoisotopic (exact) mass is 491 g/mol. The molecule has 2 N–H and O–H groups in total. The van der Waals surface area contributed by atoms with E-state index in [1.807, 2.05) is 54.6 Å². The number of hydrogen-bond acceptors (Lipinski definition) is 7. The molecule has 8 nitrogen and oxygen atoms in total. The summed E-state index contributed by atoms with van der Waals surface area (Å²) in [5.74, 6) is -1.13. The lowest BCUT2D eigenvalue weighted by Gasteiger charge is -2.06. The first kappa shape index (κ1) is 23.1. The van der Waals surface area contributed by atoms with Crippen molar-refractivity contribution in [2.45, 2.75) is 6.61 Å². The van der Waals surface area contributed by atoms with Crippen molar-refractivity contribution >= 4 is 46.1 Å². The zero-order valence-electron chi connectivity index (χ0n) is 17.6. The number of nitrogens with zero attached hydrogens (tertiary/aromatic N) is 3. The number of hydrogen-bond donors (Lipinski definition) is 2. The van der Waals surface area contributed by atoms with Gasteiger partial charge in [0.2, 0.25) is 5.13 Å². The number of amides is 2. The summed E-state index contributed by atoms with van der Waals surface area (Å²) in [6.07, 6.45) is 1.42. The lowest BCUT2D eigenvalue weighted by molar-refractivity contribution is -0.136. The van der Waals surface area contributed by atoms with Crippen molar-refractivity contribution in [3.8, 4) is 16.3 Å². The average Bonchev–Trinajstić information content (AvgIpc) is 3.33.